The van der Waals surface area contributed by atoms with Gasteiger partial charge in [0.2, 0.25) is 0 Å². The van der Waals surface area contributed by atoms with Crippen LogP contribution in [0.15, 0.2) is 277 Å². The molecule has 0 saturated heterocycles. The van der Waals surface area contributed by atoms with Gasteiger partial charge in [0.15, 0.2) is 0 Å². The summed E-state index contributed by atoms with van der Waals surface area (Å²) in [6.07, 6.45) is 0. The Kier molecular flexibility index (Phi) is 13.6. The molecule has 0 aromatic heterocycles. The molecule has 0 aliphatic carbocycles. The molecule has 388 valence electrons. The van der Waals surface area contributed by atoms with Crippen molar-refractivity contribution < 1.29 is 25.9 Å². The van der Waals surface area contributed by atoms with Gasteiger partial charge in [-0.3, -0.25) is 9.11 Å². The second kappa shape index (κ2) is 21.2. The lowest BCUT2D eigenvalue weighted by Crippen LogP contribution is -2.01. The molecular formula is C72H52O6S2. The van der Waals surface area contributed by atoms with Crippen molar-refractivity contribution in [2.75, 3.05) is 0 Å². The molecule has 12 rings (SSSR count). The molecule has 8 heteroatoms. The Balaban J connectivity index is 1.23. The smallest absolute Gasteiger partial charge is 0.282 e. The van der Waals surface area contributed by atoms with E-state index >= 15 is 0 Å². The van der Waals surface area contributed by atoms with Gasteiger partial charge < -0.3 is 0 Å². The molecule has 0 heterocycles. The molecule has 0 bridgehead atoms. The zero-order valence-corrected chi connectivity index (χ0v) is 45.4. The largest absolute Gasteiger partial charge is 0.294 e. The highest BCUT2D eigenvalue weighted by Gasteiger charge is 2.28. The van der Waals surface area contributed by atoms with Crippen molar-refractivity contribution in [2.24, 2.45) is 0 Å². The first-order chi connectivity index (χ1) is 38.8. The van der Waals surface area contributed by atoms with Crippen molar-refractivity contribution in [1.82, 2.24) is 0 Å². The molecule has 12 aromatic rings. The Bertz CT molecular complexity index is 4220. The van der Waals surface area contributed by atoms with Crippen LogP contribution in [-0.2, 0) is 20.2 Å². The zero-order chi connectivity index (χ0) is 55.1. The number of benzene rings is 12. The van der Waals surface area contributed by atoms with Crippen LogP contribution >= 0.6 is 0 Å². The highest BCUT2D eigenvalue weighted by molar-refractivity contribution is 7.86. The lowest BCUT2D eigenvalue weighted by Gasteiger charge is -2.26. The third-order valence-corrected chi connectivity index (χ3v) is 16.8. The van der Waals surface area contributed by atoms with Gasteiger partial charge in [0.1, 0.15) is 0 Å². The van der Waals surface area contributed by atoms with Gasteiger partial charge in [0.05, 0.1) is 9.79 Å². The highest BCUT2D eigenvalue weighted by Crippen LogP contribution is 2.55. The van der Waals surface area contributed by atoms with Gasteiger partial charge in [-0.2, -0.15) is 16.8 Å². The van der Waals surface area contributed by atoms with E-state index < -0.39 is 20.2 Å². The fourth-order valence-corrected chi connectivity index (χ4v) is 12.2. The van der Waals surface area contributed by atoms with Crippen molar-refractivity contribution in [1.29, 1.82) is 0 Å². The van der Waals surface area contributed by atoms with Gasteiger partial charge in [-0.05, 0) is 172 Å². The molecule has 0 saturated carbocycles. The first-order valence-corrected chi connectivity index (χ1v) is 29.1. The Labute approximate surface area is 467 Å². The van der Waals surface area contributed by atoms with Crippen LogP contribution in [-0.4, -0.2) is 25.9 Å². The maximum absolute atomic E-state index is 12.5. The van der Waals surface area contributed by atoms with Gasteiger partial charge in [-0.15, -0.1) is 0 Å². The van der Waals surface area contributed by atoms with E-state index in [1.807, 2.05) is 48.5 Å². The minimum Gasteiger partial charge on any atom is -0.282 e. The average Bonchev–Trinajstić information content (AvgIpc) is 3.17. The van der Waals surface area contributed by atoms with Crippen LogP contribution in [0.3, 0.4) is 0 Å². The molecule has 0 spiro atoms. The van der Waals surface area contributed by atoms with E-state index in [2.05, 4.69) is 184 Å². The maximum Gasteiger partial charge on any atom is 0.294 e. The number of hydrogen-bond acceptors (Lipinski definition) is 4. The summed E-state index contributed by atoms with van der Waals surface area (Å²) in [7, 11) is -8.96. The topological polar surface area (TPSA) is 109 Å². The molecule has 0 atom stereocenters. The lowest BCUT2D eigenvalue weighted by atomic mass is 9.76. The monoisotopic (exact) mass is 1080 g/mol. The van der Waals surface area contributed by atoms with E-state index in [4.69, 9.17) is 0 Å². The molecule has 0 amide bonds. The number of fused-ring (bicyclic) bond motifs is 1. The van der Waals surface area contributed by atoms with Crippen LogP contribution in [0.4, 0.5) is 0 Å². The van der Waals surface area contributed by atoms with Crippen LogP contribution in [0.2, 0.25) is 0 Å². The quantitative estimate of drug-likeness (QED) is 0.118. The van der Waals surface area contributed by atoms with Crippen LogP contribution in [0.5, 0.6) is 0 Å². The van der Waals surface area contributed by atoms with E-state index in [1.54, 1.807) is 24.3 Å². The maximum atomic E-state index is 12.5. The normalized spacial score (nSPS) is 11.7. The third kappa shape index (κ3) is 9.87. The molecule has 2 N–H and O–H groups in total. The molecule has 0 aliphatic rings. The van der Waals surface area contributed by atoms with Crippen molar-refractivity contribution in [3.05, 3.63) is 278 Å². The average molecular weight is 1080 g/mol. The Morgan fingerprint density at radius 2 is 0.487 bits per heavy atom. The first kappa shape index (κ1) is 51.5. The Morgan fingerprint density at radius 1 is 0.237 bits per heavy atom. The van der Waals surface area contributed by atoms with Crippen molar-refractivity contribution >= 4 is 31.0 Å². The van der Waals surface area contributed by atoms with E-state index in [-0.39, 0.29) is 9.79 Å². The van der Waals surface area contributed by atoms with E-state index in [9.17, 15) is 25.9 Å². The number of rotatable bonds is 12. The summed E-state index contributed by atoms with van der Waals surface area (Å²) in [5, 5.41) is 1.97. The molecule has 0 radical (unpaired) electrons. The van der Waals surface area contributed by atoms with Crippen molar-refractivity contribution in [2.45, 2.75) is 23.6 Å². The van der Waals surface area contributed by atoms with E-state index in [0.29, 0.717) is 0 Å². The number of hydrogen-bond donors (Lipinski definition) is 2. The van der Waals surface area contributed by atoms with Crippen LogP contribution in [0, 0.1) is 13.8 Å². The summed E-state index contributed by atoms with van der Waals surface area (Å²) in [6, 6.07) is 88.9. The fraction of sp³-hybridized carbons (Fsp3) is 0.0278. The minimum absolute atomic E-state index is 0.195. The molecule has 0 fully saturated rings. The van der Waals surface area contributed by atoms with Gasteiger partial charge in [-0.1, -0.05) is 242 Å². The van der Waals surface area contributed by atoms with Gasteiger partial charge in [0.25, 0.3) is 20.2 Å². The van der Waals surface area contributed by atoms with Gasteiger partial charge in [0, 0.05) is 0 Å². The summed E-state index contributed by atoms with van der Waals surface area (Å²) in [5.74, 6) is 0. The van der Waals surface area contributed by atoms with Crippen molar-refractivity contribution in [3.8, 4) is 111 Å². The summed E-state index contributed by atoms with van der Waals surface area (Å²) in [5.41, 5.74) is 21.2. The third-order valence-electron chi connectivity index (χ3n) is 15.0. The summed E-state index contributed by atoms with van der Waals surface area (Å²) in [6.45, 7) is 4.18. The second-order valence-electron chi connectivity index (χ2n) is 20.1. The summed E-state index contributed by atoms with van der Waals surface area (Å²) < 4.78 is 70.2. The van der Waals surface area contributed by atoms with Gasteiger partial charge in [-0.25, -0.2) is 0 Å². The highest BCUT2D eigenvalue weighted by atomic mass is 32.2. The van der Waals surface area contributed by atoms with Gasteiger partial charge >= 0.3 is 0 Å². The fourth-order valence-electron chi connectivity index (χ4n) is 11.3. The standard InChI is InChI=1S/C72H52O6S2/c1-47-27-31-55(32-28-47)69-65(45-63(49-35-39-57(40-36-49)79(73,74)75)67(51-17-7-3-8-18-51)71(69)53-21-11-5-12-22-53)61-43-44-62(60-26-16-15-25-59(60)61)66-46-64(50-37-41-58(42-38-50)80(76,77)78)68(52-19-9-4-10-20-52)72(54-23-13-6-14-24-54)70(66)56-33-29-48(2)30-34-56/h3-46H,1-2H3,(H,73,74,75)(H,76,77,78). The van der Waals surface area contributed by atoms with Crippen LogP contribution in [0.1, 0.15) is 11.1 Å². The molecule has 12 aromatic carbocycles. The summed E-state index contributed by atoms with van der Waals surface area (Å²) in [4.78, 5) is -0.390. The second-order valence-corrected chi connectivity index (χ2v) is 22.9. The lowest BCUT2D eigenvalue weighted by molar-refractivity contribution is 0.481. The minimum atomic E-state index is -4.48. The van der Waals surface area contributed by atoms with Crippen molar-refractivity contribution in [3.63, 3.8) is 0 Å². The number of aryl methyl sites for hydroxylation is 2. The molecular weight excluding hydrogens is 1020 g/mol. The Hall–Kier alpha value is -9.28. The van der Waals surface area contributed by atoms with E-state index in [0.717, 1.165) is 133 Å². The predicted molar refractivity (Wildman–Crippen MR) is 327 cm³/mol. The van der Waals surface area contributed by atoms with E-state index in [1.165, 1.54) is 24.3 Å². The Morgan fingerprint density at radius 3 is 0.787 bits per heavy atom. The van der Waals surface area contributed by atoms with Crippen LogP contribution in [0.25, 0.3) is 122 Å². The SMILES string of the molecule is Cc1ccc(-c2c(-c3ccc(-c4cc(-c5ccc(S(=O)(=O)O)cc5)c(-c5ccccc5)c(-c5ccccc5)c4-c4ccc(C)cc4)c4ccccc34)cc(-c3ccc(S(=O)(=O)O)cc3)c(-c3ccccc3)c2-c2ccccc2)cc1. The van der Waals surface area contributed by atoms with Crippen LogP contribution < -0.4 is 0 Å². The first-order valence-electron chi connectivity index (χ1n) is 26.3. The summed E-state index contributed by atoms with van der Waals surface area (Å²) >= 11 is 0. The molecule has 80 heavy (non-hydrogen) atoms. The molecule has 6 nitrogen and oxygen atoms in total. The predicted octanol–water partition coefficient (Wildman–Crippen LogP) is 18.6. The molecule has 0 unspecified atom stereocenters. The zero-order valence-electron chi connectivity index (χ0n) is 43.7. The molecule has 0 aliphatic heterocycles.